The van der Waals surface area contributed by atoms with Gasteiger partial charge in [0.25, 0.3) is 0 Å². The van der Waals surface area contributed by atoms with Gasteiger partial charge in [0.05, 0.1) is 7.11 Å². The van der Waals surface area contributed by atoms with Crippen molar-refractivity contribution in [3.8, 4) is 16.9 Å². The van der Waals surface area contributed by atoms with Crippen LogP contribution in [0.15, 0.2) is 30.5 Å². The summed E-state index contributed by atoms with van der Waals surface area (Å²) in [6, 6.07) is 6.82. The summed E-state index contributed by atoms with van der Waals surface area (Å²) < 4.78 is 19.0. The molecule has 18 heavy (non-hydrogen) atoms. The fraction of sp³-hybridized carbons (Fsp3) is 0.267. The fourth-order valence-corrected chi connectivity index (χ4v) is 2.43. The number of hydrogen-bond acceptors (Lipinski definition) is 2. The van der Waals surface area contributed by atoms with E-state index in [2.05, 4.69) is 4.98 Å². The highest BCUT2D eigenvalue weighted by Gasteiger charge is 2.14. The summed E-state index contributed by atoms with van der Waals surface area (Å²) in [5.41, 5.74) is 3.78. The molecule has 1 heterocycles. The van der Waals surface area contributed by atoms with Crippen molar-refractivity contribution < 1.29 is 9.13 Å². The normalized spacial score (nSPS) is 13.4. The highest BCUT2D eigenvalue weighted by molar-refractivity contribution is 5.66. The zero-order valence-electron chi connectivity index (χ0n) is 10.2. The van der Waals surface area contributed by atoms with Crippen molar-refractivity contribution in [3.63, 3.8) is 0 Å². The van der Waals surface area contributed by atoms with E-state index in [0.29, 0.717) is 11.3 Å². The van der Waals surface area contributed by atoms with Gasteiger partial charge >= 0.3 is 0 Å². The molecule has 2 aromatic rings. The molecule has 0 unspecified atom stereocenters. The second kappa shape index (κ2) is 4.41. The van der Waals surface area contributed by atoms with Gasteiger partial charge in [0.15, 0.2) is 0 Å². The molecule has 0 N–H and O–H groups in total. The quantitative estimate of drug-likeness (QED) is 0.806. The lowest BCUT2D eigenvalue weighted by Crippen LogP contribution is -1.92. The Kier molecular flexibility index (Phi) is 2.74. The van der Waals surface area contributed by atoms with Crippen molar-refractivity contribution in [2.75, 3.05) is 7.11 Å². The van der Waals surface area contributed by atoms with Crippen LogP contribution in [0.25, 0.3) is 11.1 Å². The van der Waals surface area contributed by atoms with Gasteiger partial charge < -0.3 is 4.74 Å². The van der Waals surface area contributed by atoms with Gasteiger partial charge in [-0.25, -0.2) is 4.39 Å². The van der Waals surface area contributed by atoms with E-state index >= 15 is 0 Å². The van der Waals surface area contributed by atoms with Crippen LogP contribution in [0.1, 0.15) is 17.7 Å². The molecule has 0 saturated heterocycles. The van der Waals surface area contributed by atoms with Gasteiger partial charge in [-0.05, 0) is 49.1 Å². The third-order valence-electron chi connectivity index (χ3n) is 3.40. The Balaban J connectivity index is 2.09. The molecule has 0 fully saturated rings. The summed E-state index contributed by atoms with van der Waals surface area (Å²) >= 11 is 0. The van der Waals surface area contributed by atoms with E-state index in [1.54, 1.807) is 25.4 Å². The molecule has 92 valence electrons. The Morgan fingerprint density at radius 1 is 1.22 bits per heavy atom. The number of ether oxygens (including phenoxy) is 1. The summed E-state index contributed by atoms with van der Waals surface area (Å²) in [7, 11) is 1.58. The van der Waals surface area contributed by atoms with E-state index < -0.39 is 0 Å². The van der Waals surface area contributed by atoms with Crippen molar-refractivity contribution in [2.45, 2.75) is 19.3 Å². The van der Waals surface area contributed by atoms with Crippen LogP contribution in [-0.4, -0.2) is 12.1 Å². The molecule has 1 aliphatic carbocycles. The van der Waals surface area contributed by atoms with Crippen molar-refractivity contribution in [2.24, 2.45) is 0 Å². The van der Waals surface area contributed by atoms with Crippen LogP contribution in [0.2, 0.25) is 0 Å². The molecule has 3 heteroatoms. The number of hydrogen-bond donors (Lipinski definition) is 0. The molecule has 3 rings (SSSR count). The molecular formula is C15H14FNO. The Hall–Kier alpha value is -1.90. The SMILES string of the molecule is COc1ccc(F)c(-c2cnc3c(c2)CCC3)c1. The van der Waals surface area contributed by atoms with Crippen LogP contribution in [0.4, 0.5) is 4.39 Å². The van der Waals surface area contributed by atoms with Crippen LogP contribution in [0.5, 0.6) is 5.75 Å². The highest BCUT2D eigenvalue weighted by Crippen LogP contribution is 2.30. The first-order valence-electron chi connectivity index (χ1n) is 6.09. The van der Waals surface area contributed by atoms with Crippen molar-refractivity contribution >= 4 is 0 Å². The Morgan fingerprint density at radius 3 is 2.94 bits per heavy atom. The molecule has 0 saturated carbocycles. The first-order chi connectivity index (χ1) is 8.78. The number of benzene rings is 1. The summed E-state index contributed by atoms with van der Waals surface area (Å²) in [6.45, 7) is 0. The number of methoxy groups -OCH3 is 1. The van der Waals surface area contributed by atoms with Gasteiger partial charge in [-0.15, -0.1) is 0 Å². The molecule has 1 aliphatic rings. The van der Waals surface area contributed by atoms with Gasteiger partial charge in [0, 0.05) is 23.0 Å². The molecule has 0 bridgehead atoms. The summed E-state index contributed by atoms with van der Waals surface area (Å²) in [5.74, 6) is 0.419. The maximum atomic E-state index is 13.9. The molecule has 0 atom stereocenters. The van der Waals surface area contributed by atoms with Crippen LogP contribution in [-0.2, 0) is 12.8 Å². The topological polar surface area (TPSA) is 22.1 Å². The highest BCUT2D eigenvalue weighted by atomic mass is 19.1. The number of fused-ring (bicyclic) bond motifs is 1. The number of rotatable bonds is 2. The van der Waals surface area contributed by atoms with Gasteiger partial charge in [0.2, 0.25) is 0 Å². The molecule has 0 radical (unpaired) electrons. The van der Waals surface area contributed by atoms with Crippen LogP contribution in [0.3, 0.4) is 0 Å². The average molecular weight is 243 g/mol. The van der Waals surface area contributed by atoms with Crippen molar-refractivity contribution in [1.29, 1.82) is 0 Å². The number of halogens is 1. The number of pyridine rings is 1. The van der Waals surface area contributed by atoms with E-state index in [1.165, 1.54) is 11.6 Å². The van der Waals surface area contributed by atoms with Crippen LogP contribution < -0.4 is 4.74 Å². The molecule has 1 aromatic carbocycles. The summed E-state index contributed by atoms with van der Waals surface area (Å²) in [5, 5.41) is 0. The van der Waals surface area contributed by atoms with Crippen molar-refractivity contribution in [1.82, 2.24) is 4.98 Å². The lowest BCUT2D eigenvalue weighted by molar-refractivity contribution is 0.414. The molecular weight excluding hydrogens is 229 g/mol. The zero-order valence-corrected chi connectivity index (χ0v) is 10.2. The minimum Gasteiger partial charge on any atom is -0.497 e. The Labute approximate surface area is 105 Å². The van der Waals surface area contributed by atoms with Gasteiger partial charge in [0.1, 0.15) is 11.6 Å². The van der Waals surface area contributed by atoms with E-state index in [4.69, 9.17) is 4.74 Å². The first-order valence-corrected chi connectivity index (χ1v) is 6.09. The molecule has 1 aromatic heterocycles. The largest absolute Gasteiger partial charge is 0.497 e. The Morgan fingerprint density at radius 2 is 2.11 bits per heavy atom. The predicted molar refractivity (Wildman–Crippen MR) is 68.2 cm³/mol. The number of aromatic nitrogens is 1. The van der Waals surface area contributed by atoms with Crippen LogP contribution >= 0.6 is 0 Å². The van der Waals surface area contributed by atoms with E-state index in [1.807, 2.05) is 6.07 Å². The van der Waals surface area contributed by atoms with E-state index in [0.717, 1.165) is 30.5 Å². The molecule has 0 aliphatic heterocycles. The van der Waals surface area contributed by atoms with E-state index in [-0.39, 0.29) is 5.82 Å². The van der Waals surface area contributed by atoms with E-state index in [9.17, 15) is 4.39 Å². The third kappa shape index (κ3) is 1.86. The zero-order chi connectivity index (χ0) is 12.5. The monoisotopic (exact) mass is 243 g/mol. The fourth-order valence-electron chi connectivity index (χ4n) is 2.43. The smallest absolute Gasteiger partial charge is 0.131 e. The third-order valence-corrected chi connectivity index (χ3v) is 3.40. The molecule has 0 spiro atoms. The maximum absolute atomic E-state index is 13.9. The second-order valence-electron chi connectivity index (χ2n) is 4.53. The van der Waals surface area contributed by atoms with Gasteiger partial charge in [-0.1, -0.05) is 0 Å². The standard InChI is InChI=1S/C15H14FNO/c1-18-12-5-6-14(16)13(8-12)11-7-10-3-2-4-15(10)17-9-11/h5-9H,2-4H2,1H3. The molecule has 0 amide bonds. The first kappa shape index (κ1) is 11.2. The Bertz CT molecular complexity index is 595. The lowest BCUT2D eigenvalue weighted by atomic mass is 10.0. The summed E-state index contributed by atoms with van der Waals surface area (Å²) in [6.07, 6.45) is 4.98. The maximum Gasteiger partial charge on any atom is 0.131 e. The van der Waals surface area contributed by atoms with Crippen molar-refractivity contribution in [3.05, 3.63) is 47.5 Å². The minimum atomic E-state index is -0.240. The predicted octanol–water partition coefficient (Wildman–Crippen LogP) is 3.39. The number of aryl methyl sites for hydroxylation is 2. The van der Waals surface area contributed by atoms with Gasteiger partial charge in [-0.3, -0.25) is 4.98 Å². The van der Waals surface area contributed by atoms with Crippen LogP contribution in [0, 0.1) is 5.82 Å². The van der Waals surface area contributed by atoms with Gasteiger partial charge in [-0.2, -0.15) is 0 Å². The molecule has 2 nitrogen and oxygen atoms in total. The minimum absolute atomic E-state index is 0.240. The lowest BCUT2D eigenvalue weighted by Gasteiger charge is -2.08. The summed E-state index contributed by atoms with van der Waals surface area (Å²) in [4.78, 5) is 4.42. The number of nitrogens with zero attached hydrogens (tertiary/aromatic N) is 1. The second-order valence-corrected chi connectivity index (χ2v) is 4.53. The average Bonchev–Trinajstić information content (AvgIpc) is 2.86.